The molecule has 0 spiro atoms. The number of phenolic OH excluding ortho intramolecular Hbond substituents is 1. The minimum absolute atomic E-state index is 0.00423. The van der Waals surface area contributed by atoms with Crippen molar-refractivity contribution in [2.24, 2.45) is 23.7 Å². The Hall–Kier alpha value is -5.34. The molecule has 1 aliphatic carbocycles. The van der Waals surface area contributed by atoms with Crippen LogP contribution in [0.2, 0.25) is 0 Å². The lowest BCUT2D eigenvalue weighted by molar-refractivity contribution is -0.172. The van der Waals surface area contributed by atoms with Gasteiger partial charge in [0.2, 0.25) is 5.78 Å². The number of aromatic hydroxyl groups is 1. The largest absolute Gasteiger partial charge is 0.507 e. The first-order chi connectivity index (χ1) is 26.2. The second-order valence-electron chi connectivity index (χ2n) is 14.1. The molecule has 0 saturated heterocycles. The quantitative estimate of drug-likeness (QED) is 0.0464. The number of benzene rings is 1. The number of carbonyl (C=O) groups is 6. The van der Waals surface area contributed by atoms with Crippen molar-refractivity contribution in [3.8, 4) is 5.75 Å². The van der Waals surface area contributed by atoms with Crippen LogP contribution in [-0.2, 0) is 42.9 Å². The summed E-state index contributed by atoms with van der Waals surface area (Å²) in [5.41, 5.74) is 0.258. The molecule has 2 aromatic rings. The third-order valence-corrected chi connectivity index (χ3v) is 9.72. The monoisotopic (exact) mass is 779 g/mol. The number of carbonyl (C=O) groups excluding carboxylic acids is 6. The molecule has 1 aliphatic rings. The van der Waals surface area contributed by atoms with Crippen molar-refractivity contribution in [2.45, 2.75) is 93.8 Å². The molecule has 0 saturated carbocycles. The lowest BCUT2D eigenvalue weighted by atomic mass is 9.79. The van der Waals surface area contributed by atoms with Crippen molar-refractivity contribution in [1.29, 1.82) is 0 Å². The fourth-order valence-corrected chi connectivity index (χ4v) is 6.94. The van der Waals surface area contributed by atoms with Gasteiger partial charge in [-0.05, 0) is 32.9 Å². The first-order valence-corrected chi connectivity index (χ1v) is 18.2. The van der Waals surface area contributed by atoms with Crippen molar-refractivity contribution >= 4 is 46.4 Å². The first-order valence-electron chi connectivity index (χ1n) is 18.2. The molecular weight excluding hydrogens is 726 g/mol. The predicted octanol–water partition coefficient (Wildman–Crippen LogP) is 6.15. The molecule has 2 N–H and O–H groups in total. The molecule has 0 fully saturated rings. The van der Waals surface area contributed by atoms with Gasteiger partial charge in [-0.1, -0.05) is 52.0 Å². The molecule has 3 rings (SSSR count). The van der Waals surface area contributed by atoms with E-state index in [9.17, 15) is 33.9 Å². The number of amides is 1. The lowest BCUT2D eigenvalue weighted by Crippen LogP contribution is -2.47. The summed E-state index contributed by atoms with van der Waals surface area (Å²) in [7, 11) is 2.97. The van der Waals surface area contributed by atoms with Gasteiger partial charge in [0.05, 0.1) is 11.3 Å². The van der Waals surface area contributed by atoms with Gasteiger partial charge >= 0.3 is 17.9 Å². The van der Waals surface area contributed by atoms with Gasteiger partial charge in [0.1, 0.15) is 35.4 Å². The predicted molar refractivity (Wildman–Crippen MR) is 205 cm³/mol. The summed E-state index contributed by atoms with van der Waals surface area (Å²) in [5.74, 6) is -5.66. The molecule has 7 atom stereocenters. The highest BCUT2D eigenvalue weighted by molar-refractivity contribution is 6.30. The van der Waals surface area contributed by atoms with Crippen molar-refractivity contribution in [1.82, 2.24) is 5.32 Å². The molecule has 1 aromatic heterocycles. The summed E-state index contributed by atoms with van der Waals surface area (Å²) >= 11 is 0. The summed E-state index contributed by atoms with van der Waals surface area (Å²) in [6.07, 6.45) is 6.10. The van der Waals surface area contributed by atoms with Crippen molar-refractivity contribution < 1.29 is 62.0 Å². The maximum atomic E-state index is 13.5. The Balaban J connectivity index is 1.86. The highest BCUT2D eigenvalue weighted by Crippen LogP contribution is 2.40. The fraction of sp³-hybridized carbons (Fsp3) is 0.476. The van der Waals surface area contributed by atoms with E-state index >= 15 is 0 Å². The zero-order valence-electron chi connectivity index (χ0n) is 34.0. The number of Topliss-reactive ketones (excluding diaryl/α,β-unsaturated/α-hetero) is 1. The van der Waals surface area contributed by atoms with Gasteiger partial charge in [0.15, 0.2) is 12.1 Å². The Labute approximate surface area is 326 Å². The molecule has 56 heavy (non-hydrogen) atoms. The van der Waals surface area contributed by atoms with Crippen molar-refractivity contribution in [3.05, 3.63) is 76.2 Å². The number of aryl methyl sites for hydroxylation is 2. The summed E-state index contributed by atoms with van der Waals surface area (Å²) in [6, 6.07) is 1.62. The molecule has 0 radical (unpaired) electrons. The normalized spacial score (nSPS) is 17.2. The third-order valence-electron chi connectivity index (χ3n) is 9.72. The van der Waals surface area contributed by atoms with E-state index in [-0.39, 0.29) is 28.3 Å². The summed E-state index contributed by atoms with van der Waals surface area (Å²) in [6.45, 7) is 15.7. The molecule has 1 amide bonds. The first kappa shape index (κ1) is 45.1. The van der Waals surface area contributed by atoms with Crippen LogP contribution in [0, 0.1) is 37.5 Å². The van der Waals surface area contributed by atoms with Gasteiger partial charge < -0.3 is 38.5 Å². The van der Waals surface area contributed by atoms with Crippen LogP contribution < -0.4 is 5.32 Å². The van der Waals surface area contributed by atoms with Crippen LogP contribution in [0.5, 0.6) is 5.75 Å². The fourth-order valence-electron chi connectivity index (χ4n) is 6.94. The van der Waals surface area contributed by atoms with Crippen LogP contribution in [-0.4, -0.2) is 79.3 Å². The SMILES string of the molecule is COC(/C=C/[C@@H](C)[C@@H](OC(C)=O)[C@H](C)[C@H](OC(C)=O)[C@H](C)[C@@H](OC(C)=O)[C@@H](C)/C=C/C=C(/C)C(=O)NC1=CC(=O)c2c(c(O)c(C)c3oc(C)cc23)C1=O)OC. The van der Waals surface area contributed by atoms with E-state index in [0.717, 1.165) is 6.08 Å². The van der Waals surface area contributed by atoms with Gasteiger partial charge in [0, 0.05) is 86.8 Å². The Morgan fingerprint density at radius 3 is 1.80 bits per heavy atom. The van der Waals surface area contributed by atoms with Crippen LogP contribution in [0.15, 0.2) is 58.2 Å². The van der Waals surface area contributed by atoms with Crippen molar-refractivity contribution in [3.63, 3.8) is 0 Å². The van der Waals surface area contributed by atoms with Gasteiger partial charge in [0.25, 0.3) is 5.91 Å². The minimum atomic E-state index is -0.886. The van der Waals surface area contributed by atoms with Crippen LogP contribution in [0.3, 0.4) is 0 Å². The van der Waals surface area contributed by atoms with E-state index in [2.05, 4.69) is 5.32 Å². The molecule has 0 aliphatic heterocycles. The van der Waals surface area contributed by atoms with Crippen LogP contribution >= 0.6 is 0 Å². The zero-order chi connectivity index (χ0) is 42.2. The van der Waals surface area contributed by atoms with Crippen LogP contribution in [0.4, 0.5) is 0 Å². The number of allylic oxidation sites excluding steroid dienone is 4. The summed E-state index contributed by atoms with van der Waals surface area (Å²) in [5, 5.41) is 13.8. The Bertz CT molecular complexity index is 1960. The Morgan fingerprint density at radius 2 is 1.29 bits per heavy atom. The zero-order valence-corrected chi connectivity index (χ0v) is 34.0. The number of furan rings is 1. The number of rotatable bonds is 17. The average molecular weight is 780 g/mol. The number of methoxy groups -OCH3 is 2. The van der Waals surface area contributed by atoms with Gasteiger partial charge in [-0.3, -0.25) is 28.8 Å². The maximum Gasteiger partial charge on any atom is 0.302 e. The van der Waals surface area contributed by atoms with E-state index < -0.39 is 83.5 Å². The van der Waals surface area contributed by atoms with Crippen molar-refractivity contribution in [2.75, 3.05) is 14.2 Å². The molecule has 0 unspecified atom stereocenters. The topological polar surface area (TPSA) is 194 Å². The molecule has 1 aromatic carbocycles. The molecule has 14 heteroatoms. The van der Waals surface area contributed by atoms with E-state index in [1.165, 1.54) is 48.0 Å². The minimum Gasteiger partial charge on any atom is -0.507 e. The molecule has 304 valence electrons. The summed E-state index contributed by atoms with van der Waals surface area (Å²) in [4.78, 5) is 76.9. The number of hydrogen-bond donors (Lipinski definition) is 2. The number of hydrogen-bond acceptors (Lipinski definition) is 13. The van der Waals surface area contributed by atoms with E-state index in [4.69, 9.17) is 28.1 Å². The molecule has 14 nitrogen and oxygen atoms in total. The number of ether oxygens (including phenoxy) is 5. The highest BCUT2D eigenvalue weighted by atomic mass is 16.7. The summed E-state index contributed by atoms with van der Waals surface area (Å²) < 4.78 is 33.5. The average Bonchev–Trinajstić information content (AvgIpc) is 3.52. The van der Waals surface area contributed by atoms with Crippen LogP contribution in [0.1, 0.15) is 87.4 Å². The standard InChI is InChI=1S/C42H53NO13/c1-20(38(54-27(8)44)25(6)40(56-29(10)46)26(7)39(55-28(9)45)21(2)16-17-33(51-11)52-12)14-13-15-22(3)42(50)43-31-19-32(47)34-30-18-23(4)53-41(30)24(5)36(48)35(34)37(31)49/h13-21,25-26,33,38-40,48H,1-12H3,(H,43,50)/b14-13+,17-16+,22-15-/t20-,21+,25+,26-,38-,39+,40+/m0/s1. The van der Waals surface area contributed by atoms with Gasteiger partial charge in [-0.2, -0.15) is 0 Å². The number of esters is 3. The molecular formula is C42H53NO13. The van der Waals surface area contributed by atoms with Gasteiger partial charge in [-0.15, -0.1) is 0 Å². The number of nitrogens with one attached hydrogen (secondary N) is 1. The second-order valence-corrected chi connectivity index (χ2v) is 14.1. The third kappa shape index (κ3) is 10.7. The Morgan fingerprint density at radius 1 is 0.768 bits per heavy atom. The second kappa shape index (κ2) is 19.5. The van der Waals surface area contributed by atoms with E-state index in [1.54, 1.807) is 65.0 Å². The highest BCUT2D eigenvalue weighted by Gasteiger charge is 2.41. The smallest absolute Gasteiger partial charge is 0.302 e. The maximum absolute atomic E-state index is 13.5. The van der Waals surface area contributed by atoms with E-state index in [0.29, 0.717) is 22.3 Å². The molecule has 0 bridgehead atoms. The lowest BCUT2D eigenvalue weighted by Gasteiger charge is -2.39. The number of phenols is 1. The Kier molecular flexibility index (Phi) is 15.7. The van der Waals surface area contributed by atoms with Gasteiger partial charge in [-0.25, -0.2) is 0 Å². The molecule has 1 heterocycles. The van der Waals surface area contributed by atoms with Crippen LogP contribution in [0.25, 0.3) is 11.0 Å². The number of ketones is 2. The van der Waals surface area contributed by atoms with E-state index in [1.807, 2.05) is 6.92 Å². The number of fused-ring (bicyclic) bond motifs is 3.